The zero-order valence-corrected chi connectivity index (χ0v) is 11.8. The topological polar surface area (TPSA) is 47.7 Å². The van der Waals surface area contributed by atoms with Crippen molar-refractivity contribution in [1.82, 2.24) is 0 Å². The molecule has 0 aromatic heterocycles. The summed E-state index contributed by atoms with van der Waals surface area (Å²) in [5.74, 6) is 0.815. The number of hydrogen-bond acceptors (Lipinski definition) is 4. The lowest BCUT2D eigenvalue weighted by Crippen LogP contribution is -2.36. The predicted molar refractivity (Wildman–Crippen MR) is 76.4 cm³/mol. The average Bonchev–Trinajstić information content (AvgIpc) is 2.30. The van der Waals surface area contributed by atoms with Crippen molar-refractivity contribution in [2.45, 2.75) is 26.8 Å². The predicted octanol–water partition coefficient (Wildman–Crippen LogP) is 2.53. The van der Waals surface area contributed by atoms with Crippen molar-refractivity contribution in [3.63, 3.8) is 0 Å². The van der Waals surface area contributed by atoms with Gasteiger partial charge in [-0.1, -0.05) is 0 Å². The van der Waals surface area contributed by atoms with Gasteiger partial charge in [-0.25, -0.2) is 0 Å². The van der Waals surface area contributed by atoms with Gasteiger partial charge in [0.15, 0.2) is 0 Å². The van der Waals surface area contributed by atoms with E-state index in [1.54, 1.807) is 7.11 Å². The van der Waals surface area contributed by atoms with E-state index >= 15 is 0 Å². The Bertz CT molecular complexity index is 369. The summed E-state index contributed by atoms with van der Waals surface area (Å²) >= 11 is 0. The largest absolute Gasteiger partial charge is 0.494 e. The Labute approximate surface area is 110 Å². The molecule has 0 aliphatic carbocycles. The van der Waals surface area contributed by atoms with E-state index in [1.165, 1.54) is 0 Å². The van der Waals surface area contributed by atoms with Gasteiger partial charge >= 0.3 is 0 Å². The van der Waals surface area contributed by atoms with Gasteiger partial charge in [-0.05, 0) is 26.8 Å². The van der Waals surface area contributed by atoms with Crippen molar-refractivity contribution < 1.29 is 9.47 Å². The van der Waals surface area contributed by atoms with Crippen LogP contribution in [-0.2, 0) is 4.74 Å². The number of nitrogens with two attached hydrogens (primary N) is 1. The molecule has 18 heavy (non-hydrogen) atoms. The monoisotopic (exact) mass is 252 g/mol. The number of ether oxygens (including phenoxy) is 2. The van der Waals surface area contributed by atoms with Crippen LogP contribution in [0.1, 0.15) is 20.8 Å². The lowest BCUT2D eigenvalue weighted by molar-refractivity contribution is 0.182. The summed E-state index contributed by atoms with van der Waals surface area (Å²) in [6.07, 6.45) is 0. The van der Waals surface area contributed by atoms with E-state index in [0.29, 0.717) is 19.3 Å². The van der Waals surface area contributed by atoms with Crippen LogP contribution in [0.4, 0.5) is 11.4 Å². The van der Waals surface area contributed by atoms with Gasteiger partial charge in [0.1, 0.15) is 5.75 Å². The molecule has 0 radical (unpaired) electrons. The molecule has 2 N–H and O–H groups in total. The zero-order valence-electron chi connectivity index (χ0n) is 11.8. The summed E-state index contributed by atoms with van der Waals surface area (Å²) < 4.78 is 10.7. The van der Waals surface area contributed by atoms with E-state index < -0.39 is 0 Å². The highest BCUT2D eigenvalue weighted by atomic mass is 16.5. The van der Waals surface area contributed by atoms with E-state index in [4.69, 9.17) is 15.2 Å². The number of nitrogen functional groups attached to an aromatic ring is 1. The number of likely N-dealkylation sites (N-methyl/N-ethyl adjacent to an activating group) is 1. The highest BCUT2D eigenvalue weighted by Gasteiger charge is 2.14. The van der Waals surface area contributed by atoms with Gasteiger partial charge < -0.3 is 20.1 Å². The fourth-order valence-electron chi connectivity index (χ4n) is 2.10. The minimum atomic E-state index is 0.302. The highest BCUT2D eigenvalue weighted by molar-refractivity contribution is 5.61. The van der Waals surface area contributed by atoms with Crippen LogP contribution in [0.25, 0.3) is 0 Å². The van der Waals surface area contributed by atoms with E-state index in [0.717, 1.165) is 23.7 Å². The van der Waals surface area contributed by atoms with Crippen LogP contribution in [-0.4, -0.2) is 32.9 Å². The molecule has 0 fully saturated rings. The molecular formula is C14H24N2O2. The van der Waals surface area contributed by atoms with Gasteiger partial charge in [-0.15, -0.1) is 0 Å². The fraction of sp³-hybridized carbons (Fsp3) is 0.571. The minimum absolute atomic E-state index is 0.302. The van der Waals surface area contributed by atoms with Crippen molar-refractivity contribution in [3.05, 3.63) is 18.2 Å². The van der Waals surface area contributed by atoms with Gasteiger partial charge in [0.2, 0.25) is 0 Å². The smallest absolute Gasteiger partial charge is 0.123 e. The SMILES string of the molecule is CCOc1cc(N)cc(N(CC)C(C)COC)c1. The van der Waals surface area contributed by atoms with Crippen LogP contribution in [0.3, 0.4) is 0 Å². The van der Waals surface area contributed by atoms with E-state index in [9.17, 15) is 0 Å². The number of rotatable bonds is 7. The molecule has 102 valence electrons. The second-order valence-corrected chi connectivity index (χ2v) is 4.28. The average molecular weight is 252 g/mol. The summed E-state index contributed by atoms with van der Waals surface area (Å²) in [5.41, 5.74) is 7.71. The summed E-state index contributed by atoms with van der Waals surface area (Å²) in [6, 6.07) is 6.14. The Morgan fingerprint density at radius 1 is 1.28 bits per heavy atom. The summed E-state index contributed by atoms with van der Waals surface area (Å²) in [5, 5.41) is 0. The van der Waals surface area contributed by atoms with Crippen LogP contribution in [0, 0.1) is 0 Å². The maximum absolute atomic E-state index is 5.92. The molecule has 0 saturated heterocycles. The molecule has 4 heteroatoms. The Morgan fingerprint density at radius 3 is 2.56 bits per heavy atom. The summed E-state index contributed by atoms with van der Waals surface area (Å²) in [4.78, 5) is 2.25. The zero-order chi connectivity index (χ0) is 13.5. The van der Waals surface area contributed by atoms with Crippen molar-refractivity contribution in [2.24, 2.45) is 0 Å². The van der Waals surface area contributed by atoms with E-state index in [-0.39, 0.29) is 0 Å². The second-order valence-electron chi connectivity index (χ2n) is 4.28. The molecule has 1 atom stereocenters. The van der Waals surface area contributed by atoms with Crippen LogP contribution in [0.15, 0.2) is 18.2 Å². The third kappa shape index (κ3) is 3.81. The van der Waals surface area contributed by atoms with Crippen LogP contribution >= 0.6 is 0 Å². The van der Waals surface area contributed by atoms with Crippen LogP contribution in [0.5, 0.6) is 5.75 Å². The van der Waals surface area contributed by atoms with Gasteiger partial charge in [0.05, 0.1) is 13.2 Å². The molecule has 1 aromatic rings. The molecule has 0 aliphatic heterocycles. The first-order valence-corrected chi connectivity index (χ1v) is 6.41. The number of hydrogen-bond donors (Lipinski definition) is 1. The van der Waals surface area contributed by atoms with Gasteiger partial charge in [0, 0.05) is 43.2 Å². The van der Waals surface area contributed by atoms with Gasteiger partial charge in [-0.3, -0.25) is 0 Å². The standard InChI is InChI=1S/C14H24N2O2/c1-5-16(11(3)10-17-4)13-7-12(15)8-14(9-13)18-6-2/h7-9,11H,5-6,10,15H2,1-4H3. The minimum Gasteiger partial charge on any atom is -0.494 e. The number of methoxy groups -OCH3 is 1. The Kier molecular flexibility index (Phi) is 5.78. The van der Waals surface area contributed by atoms with Crippen molar-refractivity contribution in [2.75, 3.05) is 37.5 Å². The fourth-order valence-corrected chi connectivity index (χ4v) is 2.10. The first-order valence-electron chi connectivity index (χ1n) is 6.41. The van der Waals surface area contributed by atoms with Gasteiger partial charge in [-0.2, -0.15) is 0 Å². The molecule has 4 nitrogen and oxygen atoms in total. The molecule has 1 unspecified atom stereocenters. The Balaban J connectivity index is 2.97. The second kappa shape index (κ2) is 7.11. The van der Waals surface area contributed by atoms with Gasteiger partial charge in [0.25, 0.3) is 0 Å². The third-order valence-corrected chi connectivity index (χ3v) is 2.84. The first kappa shape index (κ1) is 14.6. The van der Waals surface area contributed by atoms with Crippen molar-refractivity contribution in [3.8, 4) is 5.75 Å². The van der Waals surface area contributed by atoms with E-state index in [2.05, 4.69) is 18.7 Å². The number of anilines is 2. The molecular weight excluding hydrogens is 228 g/mol. The van der Waals surface area contributed by atoms with Crippen LogP contribution in [0.2, 0.25) is 0 Å². The molecule has 0 bridgehead atoms. The van der Waals surface area contributed by atoms with Crippen LogP contribution < -0.4 is 15.4 Å². The molecule has 0 spiro atoms. The first-order chi connectivity index (χ1) is 8.62. The quantitative estimate of drug-likeness (QED) is 0.758. The summed E-state index contributed by atoms with van der Waals surface area (Å²) in [6.45, 7) is 8.45. The maximum atomic E-state index is 5.92. The molecule has 0 saturated carbocycles. The lowest BCUT2D eigenvalue weighted by atomic mass is 10.2. The Hall–Kier alpha value is -1.42. The number of benzene rings is 1. The lowest BCUT2D eigenvalue weighted by Gasteiger charge is -2.30. The highest BCUT2D eigenvalue weighted by Crippen LogP contribution is 2.27. The number of nitrogens with zero attached hydrogens (tertiary/aromatic N) is 1. The Morgan fingerprint density at radius 2 is 2.00 bits per heavy atom. The molecule has 0 amide bonds. The van der Waals surface area contributed by atoms with E-state index in [1.807, 2.05) is 25.1 Å². The molecule has 1 aromatic carbocycles. The normalized spacial score (nSPS) is 12.2. The molecule has 0 heterocycles. The van der Waals surface area contributed by atoms with Crippen molar-refractivity contribution >= 4 is 11.4 Å². The maximum Gasteiger partial charge on any atom is 0.123 e. The summed E-state index contributed by atoms with van der Waals surface area (Å²) in [7, 11) is 1.72. The van der Waals surface area contributed by atoms with Crippen molar-refractivity contribution in [1.29, 1.82) is 0 Å². The molecule has 0 aliphatic rings. The molecule has 1 rings (SSSR count). The third-order valence-electron chi connectivity index (χ3n) is 2.84.